The third kappa shape index (κ3) is 17.3. The Labute approximate surface area is 167 Å². The molecule has 0 bridgehead atoms. The Kier molecular flexibility index (Phi) is 20.2. The molecule has 0 saturated carbocycles. The van der Waals surface area contributed by atoms with Gasteiger partial charge in [0.15, 0.2) is 0 Å². The summed E-state index contributed by atoms with van der Waals surface area (Å²) in [5, 5.41) is 8.81. The van der Waals surface area contributed by atoms with Gasteiger partial charge < -0.3 is 11.5 Å². The molecule has 124 valence electrons. The maximum absolute atomic E-state index is 8.81. The Balaban J connectivity index is 0. The van der Waals surface area contributed by atoms with Crippen molar-refractivity contribution < 1.29 is 46.9 Å². The minimum atomic E-state index is 0. The van der Waals surface area contributed by atoms with Gasteiger partial charge in [0.25, 0.3) is 0 Å². The van der Waals surface area contributed by atoms with Crippen molar-refractivity contribution in [3.8, 4) is 0 Å². The van der Waals surface area contributed by atoms with E-state index in [0.29, 0.717) is 0 Å². The average Bonchev–Trinajstić information content (AvgIpc) is 2.39. The summed E-state index contributed by atoms with van der Waals surface area (Å²) in [6, 6.07) is 0. The van der Waals surface area contributed by atoms with Gasteiger partial charge in [-0.25, -0.2) is 0 Å². The summed E-state index contributed by atoms with van der Waals surface area (Å²) < 4.78 is 0. The molecule has 1 N–H and O–H groups in total. The van der Waals surface area contributed by atoms with E-state index in [9.17, 15) is 0 Å². The minimum Gasteiger partial charge on any atom is -0.392 e. The summed E-state index contributed by atoms with van der Waals surface area (Å²) in [5.74, 6) is 1.75. The van der Waals surface area contributed by atoms with Crippen molar-refractivity contribution >= 4 is 0 Å². The summed E-state index contributed by atoms with van der Waals surface area (Å²) >= 11 is 0. The van der Waals surface area contributed by atoms with Crippen LogP contribution in [0.5, 0.6) is 0 Å². The maximum atomic E-state index is 8.81. The van der Waals surface area contributed by atoms with Crippen LogP contribution in [0.3, 0.4) is 0 Å². The molecule has 0 aliphatic heterocycles. The van der Waals surface area contributed by atoms with E-state index in [1.54, 1.807) is 0 Å². The first-order valence-electron chi connectivity index (χ1n) is 8.64. The molecule has 2 atom stereocenters. The van der Waals surface area contributed by atoms with Crippen molar-refractivity contribution in [3.05, 3.63) is 18.1 Å². The average molecular weight is 422 g/mol. The Morgan fingerprint density at radius 3 is 2.05 bits per heavy atom. The van der Waals surface area contributed by atoms with E-state index >= 15 is 0 Å². The van der Waals surface area contributed by atoms with E-state index in [1.165, 1.54) is 56.9 Å². The molecule has 0 rings (SSSR count). The van der Waals surface area contributed by atoms with Crippen molar-refractivity contribution in [3.63, 3.8) is 0 Å². The zero-order valence-corrected chi connectivity index (χ0v) is 18.0. The zero-order valence-electron chi connectivity index (χ0n) is 14.8. The van der Waals surface area contributed by atoms with Crippen LogP contribution in [0.4, 0.5) is 0 Å². The second-order valence-electron chi connectivity index (χ2n) is 6.61. The molecule has 21 heavy (non-hydrogen) atoms. The molecule has 1 nitrogen and oxygen atoms in total. The van der Waals surface area contributed by atoms with Crippen molar-refractivity contribution in [2.45, 2.75) is 85.5 Å². The van der Waals surface area contributed by atoms with Crippen LogP contribution in [0.15, 0.2) is 11.6 Å². The predicted molar refractivity (Wildman–Crippen MR) is 90.7 cm³/mol. The molecule has 0 aliphatic rings. The van der Waals surface area contributed by atoms with E-state index < -0.39 is 0 Å². The van der Waals surface area contributed by atoms with Gasteiger partial charge in [-0.2, -0.15) is 13.3 Å². The van der Waals surface area contributed by atoms with Gasteiger partial charge in [-0.15, -0.1) is 0 Å². The Morgan fingerprint density at radius 1 is 1.00 bits per heavy atom. The third-order valence-corrected chi connectivity index (χ3v) is 4.29. The predicted octanol–water partition coefficient (Wildman–Crippen LogP) is 5.93. The first kappa shape index (κ1) is 24.3. The van der Waals surface area contributed by atoms with Crippen LogP contribution in [-0.2, 0) is 0 Å². The Hall–Kier alpha value is 1.08. The van der Waals surface area contributed by atoms with Crippen molar-refractivity contribution in [1.82, 2.24) is 0 Å². The standard InChI is InChI=1S/C19H37O.Ce/c1-5-6-7-10-17(2)11-8-12-18(3)13-9-14-19(4)15-16-20;/h5,15,17-18,20H,6-14,16H2,1-4H3;/q-1;/b19-15+;/t17-,18-;/m1./s1. The van der Waals surface area contributed by atoms with Gasteiger partial charge in [0, 0.05) is 41.7 Å². The SMILES string of the molecule is C[CH-]CCC[C@@H](C)CCC[C@@H](C)CCC/C(C)=C/CO.[Ce]. The van der Waals surface area contributed by atoms with Crippen LogP contribution >= 0.6 is 0 Å². The molecule has 0 aliphatic carbocycles. The largest absolute Gasteiger partial charge is 0.392 e. The minimum absolute atomic E-state index is 0. The van der Waals surface area contributed by atoms with Gasteiger partial charge in [0.2, 0.25) is 0 Å². The first-order chi connectivity index (χ1) is 9.60. The summed E-state index contributed by atoms with van der Waals surface area (Å²) in [5.41, 5.74) is 1.33. The van der Waals surface area contributed by atoms with Crippen LogP contribution in [0.25, 0.3) is 0 Å². The zero-order chi connectivity index (χ0) is 15.2. The second-order valence-corrected chi connectivity index (χ2v) is 6.61. The maximum Gasteiger partial charge on any atom is 0.0614 e. The Morgan fingerprint density at radius 2 is 1.52 bits per heavy atom. The summed E-state index contributed by atoms with van der Waals surface area (Å²) in [6.45, 7) is 9.26. The molecule has 0 radical (unpaired) electrons. The fourth-order valence-electron chi connectivity index (χ4n) is 2.76. The van der Waals surface area contributed by atoms with E-state index in [-0.39, 0.29) is 48.4 Å². The quantitative estimate of drug-likeness (QED) is 0.222. The van der Waals surface area contributed by atoms with Gasteiger partial charge >= 0.3 is 0 Å². The number of aliphatic hydroxyl groups is 1. The van der Waals surface area contributed by atoms with Gasteiger partial charge in [0.1, 0.15) is 0 Å². The van der Waals surface area contributed by atoms with Gasteiger partial charge in [-0.05, 0) is 31.6 Å². The first-order valence-corrected chi connectivity index (χ1v) is 8.64. The van der Waals surface area contributed by atoms with Crippen LogP contribution < -0.4 is 0 Å². The van der Waals surface area contributed by atoms with Crippen LogP contribution in [0.2, 0.25) is 0 Å². The smallest absolute Gasteiger partial charge is 0.0614 e. The number of allylic oxidation sites excluding steroid dienone is 1. The van der Waals surface area contributed by atoms with Gasteiger partial charge in [0.05, 0.1) is 6.61 Å². The van der Waals surface area contributed by atoms with Crippen LogP contribution in [0.1, 0.15) is 85.5 Å². The number of unbranched alkanes of at least 4 members (excludes halogenated alkanes) is 2. The van der Waals surface area contributed by atoms with Crippen LogP contribution in [-0.4, -0.2) is 11.7 Å². The monoisotopic (exact) mass is 421 g/mol. The number of aliphatic hydroxyl groups excluding tert-OH is 1. The molecule has 0 aromatic heterocycles. The number of hydrogen-bond acceptors (Lipinski definition) is 1. The van der Waals surface area contributed by atoms with E-state index in [0.717, 1.165) is 18.3 Å². The molecule has 0 spiro atoms. The molecule has 0 aromatic carbocycles. The van der Waals surface area contributed by atoms with Gasteiger partial charge in [-0.1, -0.05) is 64.0 Å². The second kappa shape index (κ2) is 17.4. The molecule has 2 heteroatoms. The van der Waals surface area contributed by atoms with Crippen molar-refractivity contribution in [2.75, 3.05) is 6.61 Å². The van der Waals surface area contributed by atoms with Crippen LogP contribution in [0, 0.1) is 60.0 Å². The van der Waals surface area contributed by atoms with E-state index in [4.69, 9.17) is 5.11 Å². The Bertz CT molecular complexity index is 238. The van der Waals surface area contributed by atoms with E-state index in [1.807, 2.05) is 6.08 Å². The topological polar surface area (TPSA) is 20.2 Å². The molecule has 0 amide bonds. The van der Waals surface area contributed by atoms with Crippen molar-refractivity contribution in [2.24, 2.45) is 11.8 Å². The summed E-state index contributed by atoms with van der Waals surface area (Å²) in [4.78, 5) is 0. The molecule has 0 heterocycles. The van der Waals surface area contributed by atoms with E-state index in [2.05, 4.69) is 34.1 Å². The third-order valence-electron chi connectivity index (χ3n) is 4.29. The van der Waals surface area contributed by atoms with Gasteiger partial charge in [-0.3, -0.25) is 0 Å². The molecule has 0 aromatic rings. The fraction of sp³-hybridized carbons (Fsp3) is 0.842. The molecule has 0 unspecified atom stereocenters. The number of rotatable bonds is 13. The summed E-state index contributed by atoms with van der Waals surface area (Å²) in [6.07, 6.45) is 16.2. The normalized spacial score (nSPS) is 14.6. The molecular weight excluding hydrogens is 384 g/mol. The molecule has 0 saturated heterocycles. The fourth-order valence-corrected chi connectivity index (χ4v) is 2.76. The molecular formula is C19H37CeO-. The summed E-state index contributed by atoms with van der Waals surface area (Å²) in [7, 11) is 0. The number of hydrogen-bond donors (Lipinski definition) is 1. The van der Waals surface area contributed by atoms with Crippen molar-refractivity contribution in [1.29, 1.82) is 0 Å². The molecule has 0 fully saturated rings.